The molecule has 116 valence electrons. The van der Waals surface area contributed by atoms with E-state index in [0.717, 1.165) is 19.4 Å². The maximum Gasteiger partial charge on any atom is 0.239 e. The quantitative estimate of drug-likeness (QED) is 0.873. The Morgan fingerprint density at radius 2 is 2.10 bits per heavy atom. The highest BCUT2D eigenvalue weighted by Gasteiger charge is 2.29. The van der Waals surface area contributed by atoms with Gasteiger partial charge in [-0.15, -0.1) is 0 Å². The summed E-state index contributed by atoms with van der Waals surface area (Å²) in [5.41, 5.74) is 7.14. The summed E-state index contributed by atoms with van der Waals surface area (Å²) < 4.78 is 5.90. The minimum absolute atomic E-state index is 0.0644. The van der Waals surface area contributed by atoms with E-state index in [1.807, 2.05) is 23.1 Å². The highest BCUT2D eigenvalue weighted by Crippen LogP contribution is 2.17. The molecule has 0 spiro atoms. The summed E-state index contributed by atoms with van der Waals surface area (Å²) in [6.07, 6.45) is 1.76. The zero-order chi connectivity index (χ0) is 15.2. The molecule has 21 heavy (non-hydrogen) atoms. The number of benzene rings is 1. The Balaban J connectivity index is 1.76. The van der Waals surface area contributed by atoms with E-state index in [1.165, 1.54) is 5.56 Å². The fraction of sp³-hybridized carbons (Fsp3) is 0.588. The first-order valence-corrected chi connectivity index (χ1v) is 7.76. The van der Waals surface area contributed by atoms with Crippen molar-refractivity contribution in [3.05, 3.63) is 35.9 Å². The lowest BCUT2D eigenvalue weighted by Gasteiger charge is -2.22. The van der Waals surface area contributed by atoms with Gasteiger partial charge in [0.2, 0.25) is 5.91 Å². The lowest BCUT2D eigenvalue weighted by atomic mass is 10.0. The normalized spacial score (nSPS) is 20.0. The third-order valence-electron chi connectivity index (χ3n) is 3.83. The number of likely N-dealkylation sites (tertiary alicyclic amines) is 1. The van der Waals surface area contributed by atoms with Gasteiger partial charge in [-0.2, -0.15) is 0 Å². The molecule has 0 bridgehead atoms. The molecule has 0 unspecified atom stereocenters. The molecule has 1 aliphatic heterocycles. The predicted molar refractivity (Wildman–Crippen MR) is 83.6 cm³/mol. The van der Waals surface area contributed by atoms with Crippen LogP contribution in [0.5, 0.6) is 0 Å². The summed E-state index contributed by atoms with van der Waals surface area (Å²) in [5.74, 6) is 0.506. The van der Waals surface area contributed by atoms with Crippen molar-refractivity contribution in [2.45, 2.75) is 45.4 Å². The highest BCUT2D eigenvalue weighted by atomic mass is 16.5. The number of rotatable bonds is 6. The Morgan fingerprint density at radius 1 is 1.38 bits per heavy atom. The van der Waals surface area contributed by atoms with Gasteiger partial charge in [0.15, 0.2) is 0 Å². The third kappa shape index (κ3) is 4.83. The van der Waals surface area contributed by atoms with Gasteiger partial charge in [-0.05, 0) is 24.3 Å². The Kier molecular flexibility index (Phi) is 5.76. The van der Waals surface area contributed by atoms with E-state index in [4.69, 9.17) is 10.5 Å². The van der Waals surface area contributed by atoms with Gasteiger partial charge < -0.3 is 15.4 Å². The zero-order valence-electron chi connectivity index (χ0n) is 13.0. The van der Waals surface area contributed by atoms with E-state index in [1.54, 1.807) is 0 Å². The molecule has 0 aromatic heterocycles. The predicted octanol–water partition coefficient (Wildman–Crippen LogP) is 2.18. The van der Waals surface area contributed by atoms with Gasteiger partial charge in [0, 0.05) is 13.1 Å². The lowest BCUT2D eigenvalue weighted by Crippen LogP contribution is -2.43. The monoisotopic (exact) mass is 290 g/mol. The van der Waals surface area contributed by atoms with Crippen molar-refractivity contribution >= 4 is 5.91 Å². The van der Waals surface area contributed by atoms with E-state index in [-0.39, 0.29) is 18.1 Å². The molecular weight excluding hydrogens is 264 g/mol. The fourth-order valence-corrected chi connectivity index (χ4v) is 2.70. The molecule has 2 rings (SSSR count). The van der Waals surface area contributed by atoms with Gasteiger partial charge in [-0.25, -0.2) is 0 Å². The van der Waals surface area contributed by atoms with Gasteiger partial charge >= 0.3 is 0 Å². The maximum absolute atomic E-state index is 12.2. The Hall–Kier alpha value is -1.39. The van der Waals surface area contributed by atoms with Gasteiger partial charge in [0.25, 0.3) is 0 Å². The first kappa shape index (κ1) is 16.0. The summed E-state index contributed by atoms with van der Waals surface area (Å²) in [5, 5.41) is 0. The van der Waals surface area contributed by atoms with Crippen molar-refractivity contribution in [1.29, 1.82) is 0 Å². The summed E-state index contributed by atoms with van der Waals surface area (Å²) >= 11 is 0. The molecule has 1 saturated heterocycles. The standard InChI is InChI=1S/C17H26N2O2/c1-13(2)10-16(18)17(20)19-9-8-15(11-19)21-12-14-6-4-3-5-7-14/h3-7,13,15-16H,8-12,18H2,1-2H3/t15-,16-/m0/s1. The number of nitrogens with two attached hydrogens (primary N) is 1. The summed E-state index contributed by atoms with van der Waals surface area (Å²) in [6.45, 7) is 6.19. The second kappa shape index (κ2) is 7.57. The molecular formula is C17H26N2O2. The van der Waals surface area contributed by atoms with E-state index in [2.05, 4.69) is 26.0 Å². The second-order valence-electron chi connectivity index (χ2n) is 6.23. The molecule has 0 aliphatic carbocycles. The minimum atomic E-state index is -0.377. The molecule has 2 atom stereocenters. The van der Waals surface area contributed by atoms with Crippen LogP contribution in [0.3, 0.4) is 0 Å². The minimum Gasteiger partial charge on any atom is -0.372 e. The van der Waals surface area contributed by atoms with Crippen LogP contribution in [0, 0.1) is 5.92 Å². The molecule has 4 heteroatoms. The van der Waals surface area contributed by atoms with Gasteiger partial charge in [-0.3, -0.25) is 4.79 Å². The smallest absolute Gasteiger partial charge is 0.239 e. The van der Waals surface area contributed by atoms with Gasteiger partial charge in [0.05, 0.1) is 18.8 Å². The molecule has 1 fully saturated rings. The van der Waals surface area contributed by atoms with Crippen LogP contribution in [-0.4, -0.2) is 36.0 Å². The number of ether oxygens (including phenoxy) is 1. The Morgan fingerprint density at radius 3 is 2.76 bits per heavy atom. The lowest BCUT2D eigenvalue weighted by molar-refractivity contribution is -0.132. The van der Waals surface area contributed by atoms with Crippen molar-refractivity contribution in [3.8, 4) is 0 Å². The third-order valence-corrected chi connectivity index (χ3v) is 3.83. The van der Waals surface area contributed by atoms with Crippen LogP contribution in [0.25, 0.3) is 0 Å². The average molecular weight is 290 g/mol. The molecule has 1 aliphatic rings. The average Bonchev–Trinajstić information content (AvgIpc) is 2.93. The fourth-order valence-electron chi connectivity index (χ4n) is 2.70. The first-order chi connectivity index (χ1) is 10.1. The van der Waals surface area contributed by atoms with Crippen LogP contribution in [-0.2, 0) is 16.1 Å². The van der Waals surface area contributed by atoms with Crippen LogP contribution < -0.4 is 5.73 Å². The van der Waals surface area contributed by atoms with Gasteiger partial charge in [-0.1, -0.05) is 44.2 Å². The number of carbonyl (C=O) groups is 1. The number of hydrogen-bond donors (Lipinski definition) is 1. The van der Waals surface area contributed by atoms with Crippen molar-refractivity contribution in [1.82, 2.24) is 4.90 Å². The van der Waals surface area contributed by atoms with Crippen molar-refractivity contribution < 1.29 is 9.53 Å². The number of amides is 1. The molecule has 0 radical (unpaired) electrons. The topological polar surface area (TPSA) is 55.6 Å². The Bertz CT molecular complexity index is 447. The molecule has 1 heterocycles. The van der Waals surface area contributed by atoms with Crippen LogP contribution in [0.4, 0.5) is 0 Å². The van der Waals surface area contributed by atoms with E-state index in [0.29, 0.717) is 19.1 Å². The van der Waals surface area contributed by atoms with Crippen LogP contribution in [0.15, 0.2) is 30.3 Å². The molecule has 2 N–H and O–H groups in total. The van der Waals surface area contributed by atoms with Crippen LogP contribution in [0.1, 0.15) is 32.3 Å². The van der Waals surface area contributed by atoms with Crippen LogP contribution in [0.2, 0.25) is 0 Å². The number of hydrogen-bond acceptors (Lipinski definition) is 3. The number of carbonyl (C=O) groups excluding carboxylic acids is 1. The number of nitrogens with zero attached hydrogens (tertiary/aromatic N) is 1. The highest BCUT2D eigenvalue weighted by molar-refractivity contribution is 5.81. The van der Waals surface area contributed by atoms with Crippen molar-refractivity contribution in [2.75, 3.05) is 13.1 Å². The van der Waals surface area contributed by atoms with E-state index >= 15 is 0 Å². The van der Waals surface area contributed by atoms with Crippen molar-refractivity contribution in [2.24, 2.45) is 11.7 Å². The zero-order valence-corrected chi connectivity index (χ0v) is 13.0. The molecule has 1 aromatic carbocycles. The van der Waals surface area contributed by atoms with Crippen molar-refractivity contribution in [3.63, 3.8) is 0 Å². The molecule has 4 nitrogen and oxygen atoms in total. The largest absolute Gasteiger partial charge is 0.372 e. The summed E-state index contributed by atoms with van der Waals surface area (Å²) in [4.78, 5) is 14.1. The van der Waals surface area contributed by atoms with E-state index in [9.17, 15) is 4.79 Å². The molecule has 1 aromatic rings. The summed E-state index contributed by atoms with van der Waals surface area (Å²) in [6, 6.07) is 9.74. The van der Waals surface area contributed by atoms with Gasteiger partial charge in [0.1, 0.15) is 0 Å². The molecule has 0 saturated carbocycles. The van der Waals surface area contributed by atoms with Crippen LogP contribution >= 0.6 is 0 Å². The Labute approximate surface area is 127 Å². The second-order valence-corrected chi connectivity index (χ2v) is 6.23. The maximum atomic E-state index is 12.2. The SMILES string of the molecule is CC(C)C[C@H](N)C(=O)N1CC[C@H](OCc2ccccc2)C1. The first-order valence-electron chi connectivity index (χ1n) is 7.76. The van der Waals surface area contributed by atoms with E-state index < -0.39 is 0 Å². The molecule has 1 amide bonds. The summed E-state index contributed by atoms with van der Waals surface area (Å²) in [7, 11) is 0.